The number of nitrogens with one attached hydrogen (secondary N) is 2. The van der Waals surface area contributed by atoms with Crippen molar-refractivity contribution in [1.82, 2.24) is 15.2 Å². The highest BCUT2D eigenvalue weighted by Crippen LogP contribution is 2.41. The second-order valence-corrected chi connectivity index (χ2v) is 12.8. The van der Waals surface area contributed by atoms with Gasteiger partial charge in [0.1, 0.15) is 47.7 Å². The average Bonchev–Trinajstić information content (AvgIpc) is 3.28. The van der Waals surface area contributed by atoms with Gasteiger partial charge in [-0.05, 0) is 41.5 Å². The van der Waals surface area contributed by atoms with E-state index in [1.54, 1.807) is 41.5 Å². The summed E-state index contributed by atoms with van der Waals surface area (Å²) in [4.78, 5) is 73.3. The highest BCUT2D eigenvalue weighted by atomic mass is 32.2. The number of aromatic nitrogens is 1. The van der Waals surface area contributed by atoms with Gasteiger partial charge in [-0.3, -0.25) is 24.6 Å². The number of β-lactam (4-membered cyclic amide) rings is 1. The van der Waals surface area contributed by atoms with Crippen LogP contribution in [-0.2, 0) is 38.2 Å². The molecule has 41 heavy (non-hydrogen) atoms. The van der Waals surface area contributed by atoms with Gasteiger partial charge < -0.3 is 24.4 Å². The van der Waals surface area contributed by atoms with Crippen LogP contribution >= 0.6 is 23.1 Å². The molecule has 1 saturated heterocycles. The highest BCUT2D eigenvalue weighted by molar-refractivity contribution is 8.00. The van der Waals surface area contributed by atoms with Crippen LogP contribution in [0.25, 0.3) is 0 Å². The minimum absolute atomic E-state index is 0.0106. The third-order valence-corrected chi connectivity index (χ3v) is 7.23. The van der Waals surface area contributed by atoms with E-state index in [9.17, 15) is 24.0 Å². The van der Waals surface area contributed by atoms with Crippen LogP contribution in [0.2, 0.25) is 0 Å². The first-order valence-corrected chi connectivity index (χ1v) is 14.3. The Bertz CT molecular complexity index is 1290. The van der Waals surface area contributed by atoms with Gasteiger partial charge in [-0.2, -0.15) is 0 Å². The molecule has 14 nitrogen and oxygen atoms in total. The van der Waals surface area contributed by atoms with E-state index in [4.69, 9.17) is 19.0 Å². The van der Waals surface area contributed by atoms with Gasteiger partial charge in [-0.25, -0.2) is 14.6 Å². The normalized spacial score (nSPS) is 19.1. The molecule has 1 aromatic rings. The summed E-state index contributed by atoms with van der Waals surface area (Å²) < 4.78 is 15.8. The van der Waals surface area contributed by atoms with Gasteiger partial charge in [0.05, 0.1) is 0 Å². The number of carbonyl (C=O) groups excluding carboxylic acids is 5. The van der Waals surface area contributed by atoms with E-state index in [2.05, 4.69) is 20.8 Å². The Hall–Kier alpha value is -3.66. The van der Waals surface area contributed by atoms with Crippen LogP contribution in [0.1, 0.15) is 54.2 Å². The molecule has 0 spiro atoms. The number of rotatable bonds is 8. The van der Waals surface area contributed by atoms with Crippen molar-refractivity contribution >= 4 is 63.8 Å². The molecule has 2 N–H and O–H groups in total. The predicted molar refractivity (Wildman–Crippen MR) is 150 cm³/mol. The summed E-state index contributed by atoms with van der Waals surface area (Å²) in [6, 6.07) is -1.000. The molecule has 0 radical (unpaired) electrons. The van der Waals surface area contributed by atoms with E-state index < -0.39 is 52.5 Å². The van der Waals surface area contributed by atoms with E-state index >= 15 is 0 Å². The molecule has 16 heteroatoms. The number of fused-ring (bicyclic) bond motifs is 1. The largest absolute Gasteiger partial charge is 0.461 e. The lowest BCUT2D eigenvalue weighted by Crippen LogP contribution is -2.71. The molecule has 1 aromatic heterocycles. The number of thiazole rings is 1. The van der Waals surface area contributed by atoms with Crippen LogP contribution in [0.3, 0.4) is 0 Å². The Balaban J connectivity index is 1.77. The summed E-state index contributed by atoms with van der Waals surface area (Å²) in [5.41, 5.74) is -1.28. The van der Waals surface area contributed by atoms with Crippen molar-refractivity contribution in [3.05, 3.63) is 22.3 Å². The fourth-order valence-electron chi connectivity index (χ4n) is 3.63. The van der Waals surface area contributed by atoms with Gasteiger partial charge in [0.25, 0.3) is 11.8 Å². The topological polar surface area (TPSA) is 175 Å². The van der Waals surface area contributed by atoms with Crippen LogP contribution in [0, 0.1) is 0 Å². The molecule has 1 fully saturated rings. The maximum absolute atomic E-state index is 13.3. The number of carbonyl (C=O) groups is 5. The summed E-state index contributed by atoms with van der Waals surface area (Å²) in [5.74, 6) is -2.33. The maximum atomic E-state index is 13.3. The zero-order chi connectivity index (χ0) is 30.7. The van der Waals surface area contributed by atoms with E-state index in [1.165, 1.54) is 36.1 Å². The summed E-state index contributed by atoms with van der Waals surface area (Å²) in [6.45, 7) is 11.3. The number of oxime groups is 1. The Labute approximate surface area is 245 Å². The first-order chi connectivity index (χ1) is 19.0. The summed E-state index contributed by atoms with van der Waals surface area (Å²) in [5, 5.41) is 9.91. The van der Waals surface area contributed by atoms with Crippen molar-refractivity contribution in [3.63, 3.8) is 0 Å². The summed E-state index contributed by atoms with van der Waals surface area (Å²) >= 11 is 2.32. The first kappa shape index (κ1) is 31.9. The number of thioether (sulfide) groups is 1. The second-order valence-electron chi connectivity index (χ2n) is 10.9. The molecule has 0 bridgehead atoms. The lowest BCUT2D eigenvalue weighted by Gasteiger charge is -2.49. The molecule has 2 aliphatic heterocycles. The summed E-state index contributed by atoms with van der Waals surface area (Å²) in [6.07, 6.45) is -0.718. The average molecular weight is 612 g/mol. The third kappa shape index (κ3) is 8.19. The minimum Gasteiger partial charge on any atom is -0.461 e. The molecule has 2 aliphatic rings. The van der Waals surface area contributed by atoms with Gasteiger partial charge in [0, 0.05) is 23.6 Å². The second kappa shape index (κ2) is 12.5. The Morgan fingerprint density at radius 3 is 2.37 bits per heavy atom. The van der Waals surface area contributed by atoms with Crippen molar-refractivity contribution in [1.29, 1.82) is 0 Å². The fraction of sp³-hybridized carbons (Fsp3) is 0.560. The van der Waals surface area contributed by atoms with E-state index in [-0.39, 0.29) is 34.6 Å². The number of hydrogen-bond acceptors (Lipinski definition) is 13. The molecule has 0 aromatic carbocycles. The lowest BCUT2D eigenvalue weighted by atomic mass is 10.0. The van der Waals surface area contributed by atoms with E-state index in [0.29, 0.717) is 5.57 Å². The molecule has 0 aliphatic carbocycles. The van der Waals surface area contributed by atoms with Crippen LogP contribution < -0.4 is 10.6 Å². The van der Waals surface area contributed by atoms with Crippen molar-refractivity contribution < 1.29 is 43.0 Å². The number of ether oxygens (including phenoxy) is 3. The van der Waals surface area contributed by atoms with Gasteiger partial charge in [-0.15, -0.1) is 23.1 Å². The van der Waals surface area contributed by atoms with Crippen LogP contribution in [0.5, 0.6) is 0 Å². The molecule has 3 rings (SSSR count). The number of esters is 2. The molecular formula is C25H33N5O9S2. The SMILES string of the molecule is CO/N=C(\C(=O)NC1C(=O)N2C(C(=O)OC(C)(C)C)=C(COC(C)=O)CS[C@H]12)c1csc(NC(=O)OC(C)(C)C)n1. The Kier molecular flexibility index (Phi) is 9.69. The smallest absolute Gasteiger partial charge is 0.413 e. The van der Waals surface area contributed by atoms with Crippen LogP contribution in [0.4, 0.5) is 9.93 Å². The number of hydrogen-bond donors (Lipinski definition) is 2. The van der Waals surface area contributed by atoms with E-state index in [1.807, 2.05) is 0 Å². The van der Waals surface area contributed by atoms with Crippen molar-refractivity contribution in [3.8, 4) is 0 Å². The van der Waals surface area contributed by atoms with Gasteiger partial charge >= 0.3 is 18.0 Å². The quantitative estimate of drug-likeness (QED) is 0.145. The van der Waals surface area contributed by atoms with Crippen molar-refractivity contribution in [2.24, 2.45) is 5.16 Å². The standard InChI is InChI=1S/C25H33N5O9S2/c1-12(31)37-9-13-10-40-20-16(19(33)30(20)17(13)21(34)38-24(2,3)4)27-18(32)15(29-36-8)14-11-41-22(26-14)28-23(35)39-25(5,6)7/h11,16,20H,9-10H2,1-8H3,(H,27,32)(H,26,28,35)/b29-15-/t16?,20-/m1/s1. The molecule has 2 atom stereocenters. The molecule has 224 valence electrons. The lowest BCUT2D eigenvalue weighted by molar-refractivity contribution is -0.159. The van der Waals surface area contributed by atoms with Crippen LogP contribution in [0.15, 0.2) is 21.8 Å². The summed E-state index contributed by atoms with van der Waals surface area (Å²) in [7, 11) is 1.25. The number of amides is 3. The van der Waals surface area contributed by atoms with Crippen molar-refractivity contribution in [2.75, 3.05) is 24.8 Å². The molecule has 3 heterocycles. The van der Waals surface area contributed by atoms with Gasteiger partial charge in [0.15, 0.2) is 10.8 Å². The zero-order valence-corrected chi connectivity index (χ0v) is 25.6. The van der Waals surface area contributed by atoms with Crippen LogP contribution in [-0.4, -0.2) is 87.5 Å². The predicted octanol–water partition coefficient (Wildman–Crippen LogP) is 2.40. The molecule has 1 unspecified atom stereocenters. The van der Waals surface area contributed by atoms with Crippen molar-refractivity contribution in [2.45, 2.75) is 71.1 Å². The monoisotopic (exact) mass is 611 g/mol. The Morgan fingerprint density at radius 2 is 1.78 bits per heavy atom. The van der Waals surface area contributed by atoms with Gasteiger partial charge in [-0.1, -0.05) is 5.16 Å². The zero-order valence-electron chi connectivity index (χ0n) is 24.0. The maximum Gasteiger partial charge on any atom is 0.413 e. The number of nitrogens with zero attached hydrogens (tertiary/aromatic N) is 3. The highest BCUT2D eigenvalue weighted by Gasteiger charge is 2.55. The van der Waals surface area contributed by atoms with E-state index in [0.717, 1.165) is 11.3 Å². The van der Waals surface area contributed by atoms with Gasteiger partial charge in [0.2, 0.25) is 0 Å². The molecular weight excluding hydrogens is 578 g/mol. The fourth-order valence-corrected chi connectivity index (χ4v) is 5.64. The minimum atomic E-state index is -1.000. The number of anilines is 1. The molecule has 0 saturated carbocycles. The third-order valence-electron chi connectivity index (χ3n) is 5.13. The first-order valence-electron chi connectivity index (χ1n) is 12.4. The Morgan fingerprint density at radius 1 is 1.12 bits per heavy atom. The molecule has 3 amide bonds.